The van der Waals surface area contributed by atoms with Crippen LogP contribution in [0.1, 0.15) is 18.4 Å². The van der Waals surface area contributed by atoms with Crippen LogP contribution in [0.15, 0.2) is 66.1 Å². The summed E-state index contributed by atoms with van der Waals surface area (Å²) in [4.78, 5) is 0. The summed E-state index contributed by atoms with van der Waals surface area (Å²) in [6.07, 6.45) is 5.52. The predicted molar refractivity (Wildman–Crippen MR) is 96.6 cm³/mol. The molecule has 25 heavy (non-hydrogen) atoms. The highest BCUT2D eigenvalue weighted by molar-refractivity contribution is 5.53. The van der Waals surface area contributed by atoms with Crippen LogP contribution in [0.3, 0.4) is 0 Å². The number of phenols is 2. The highest BCUT2D eigenvalue weighted by Gasteiger charge is 2.09. The quantitative estimate of drug-likeness (QED) is 0.541. The van der Waals surface area contributed by atoms with E-state index in [0.717, 1.165) is 41.4 Å². The molecule has 130 valence electrons. The lowest BCUT2D eigenvalue weighted by Gasteiger charge is -2.15. The maximum absolute atomic E-state index is 9.53. The van der Waals surface area contributed by atoms with Gasteiger partial charge in [0.25, 0.3) is 0 Å². The molecule has 2 aromatic carbocycles. The third kappa shape index (κ3) is 4.47. The minimum absolute atomic E-state index is 0.132. The van der Waals surface area contributed by atoms with Crippen molar-refractivity contribution in [1.82, 2.24) is 0 Å². The van der Waals surface area contributed by atoms with E-state index in [-0.39, 0.29) is 11.5 Å². The molecule has 1 aliphatic rings. The van der Waals surface area contributed by atoms with Crippen molar-refractivity contribution in [3.05, 3.63) is 71.7 Å². The first-order valence-corrected chi connectivity index (χ1v) is 8.10. The number of hydrogen-bond donors (Lipinski definition) is 3. The minimum Gasteiger partial charge on any atom is -0.504 e. The summed E-state index contributed by atoms with van der Waals surface area (Å²) in [5.41, 5.74) is 1.78. The van der Waals surface area contributed by atoms with E-state index < -0.39 is 0 Å². The van der Waals surface area contributed by atoms with Crippen LogP contribution in [-0.2, 0) is 11.3 Å². The van der Waals surface area contributed by atoms with Gasteiger partial charge in [0.15, 0.2) is 11.5 Å². The Balaban J connectivity index is 1.62. The number of phenolic OH excluding ortho intramolecular Hbond substituents is 2. The molecule has 2 aromatic rings. The molecular formula is C20H21NO4. The molecule has 0 fully saturated rings. The average molecular weight is 339 g/mol. The number of ether oxygens (including phenoxy) is 2. The van der Waals surface area contributed by atoms with Crippen molar-refractivity contribution in [2.24, 2.45) is 0 Å². The molecule has 3 N–H and O–H groups in total. The van der Waals surface area contributed by atoms with Crippen LogP contribution < -0.4 is 10.1 Å². The van der Waals surface area contributed by atoms with Gasteiger partial charge in [-0.2, -0.15) is 0 Å². The summed E-state index contributed by atoms with van der Waals surface area (Å²) < 4.78 is 11.2. The summed E-state index contributed by atoms with van der Waals surface area (Å²) in [6, 6.07) is 12.5. The van der Waals surface area contributed by atoms with Crippen molar-refractivity contribution in [1.29, 1.82) is 0 Å². The Labute approximate surface area is 146 Å². The van der Waals surface area contributed by atoms with E-state index in [1.54, 1.807) is 13.2 Å². The molecule has 0 atom stereocenters. The Morgan fingerprint density at radius 3 is 2.48 bits per heavy atom. The van der Waals surface area contributed by atoms with E-state index in [0.29, 0.717) is 6.54 Å². The molecule has 0 aromatic heterocycles. The summed E-state index contributed by atoms with van der Waals surface area (Å²) in [7, 11) is 1.68. The van der Waals surface area contributed by atoms with E-state index >= 15 is 0 Å². The number of anilines is 1. The van der Waals surface area contributed by atoms with Gasteiger partial charge in [-0.3, -0.25) is 0 Å². The van der Waals surface area contributed by atoms with Gasteiger partial charge in [0.2, 0.25) is 0 Å². The molecular weight excluding hydrogens is 318 g/mol. The molecule has 1 aliphatic carbocycles. The van der Waals surface area contributed by atoms with Crippen molar-refractivity contribution in [2.45, 2.75) is 19.4 Å². The van der Waals surface area contributed by atoms with Crippen LogP contribution in [-0.4, -0.2) is 17.3 Å². The van der Waals surface area contributed by atoms with Gasteiger partial charge in [0, 0.05) is 31.1 Å². The second kappa shape index (κ2) is 7.66. The Hall–Kier alpha value is -3.08. The van der Waals surface area contributed by atoms with Crippen molar-refractivity contribution < 1.29 is 19.7 Å². The van der Waals surface area contributed by atoms with Crippen LogP contribution in [0.2, 0.25) is 0 Å². The number of nitrogens with one attached hydrogen (secondary N) is 1. The maximum Gasteiger partial charge on any atom is 0.159 e. The Morgan fingerprint density at radius 2 is 1.76 bits per heavy atom. The normalized spacial score (nSPS) is 13.6. The largest absolute Gasteiger partial charge is 0.504 e. The van der Waals surface area contributed by atoms with Gasteiger partial charge < -0.3 is 25.0 Å². The van der Waals surface area contributed by atoms with Gasteiger partial charge in [-0.25, -0.2) is 0 Å². The van der Waals surface area contributed by atoms with Gasteiger partial charge >= 0.3 is 0 Å². The van der Waals surface area contributed by atoms with Crippen molar-refractivity contribution in [3.63, 3.8) is 0 Å². The molecule has 0 spiro atoms. The van der Waals surface area contributed by atoms with Crippen LogP contribution >= 0.6 is 0 Å². The lowest BCUT2D eigenvalue weighted by molar-refractivity contribution is 0.268. The van der Waals surface area contributed by atoms with E-state index in [1.807, 2.05) is 36.4 Å². The third-order valence-electron chi connectivity index (χ3n) is 3.95. The summed E-state index contributed by atoms with van der Waals surface area (Å²) in [5.74, 6) is 2.38. The topological polar surface area (TPSA) is 71.0 Å². The standard InChI is InChI=1S/C20H21NO4/c1-24-16-6-8-17(9-7-16)25-18-4-2-3-14(11-18)13-21-15-5-10-19(22)20(23)12-15/h2-6,8,10-12,21-23H,7,9,13H2,1H3. The molecule has 0 heterocycles. The molecule has 0 saturated heterocycles. The van der Waals surface area contributed by atoms with Crippen LogP contribution in [0.4, 0.5) is 5.69 Å². The number of rotatable bonds is 6. The zero-order valence-corrected chi connectivity index (χ0v) is 14.0. The first-order valence-electron chi connectivity index (χ1n) is 8.10. The van der Waals surface area contributed by atoms with Gasteiger partial charge in [-0.15, -0.1) is 0 Å². The molecule has 0 unspecified atom stereocenters. The number of allylic oxidation sites excluding steroid dienone is 4. The molecule has 0 amide bonds. The highest BCUT2D eigenvalue weighted by Crippen LogP contribution is 2.28. The second-order valence-electron chi connectivity index (χ2n) is 5.78. The lowest BCUT2D eigenvalue weighted by atomic mass is 10.1. The average Bonchev–Trinajstić information content (AvgIpc) is 2.64. The zero-order chi connectivity index (χ0) is 17.6. The predicted octanol–water partition coefficient (Wildman–Crippen LogP) is 4.30. The first-order chi connectivity index (χ1) is 12.1. The number of methoxy groups -OCH3 is 1. The summed E-state index contributed by atoms with van der Waals surface area (Å²) in [6.45, 7) is 0.578. The van der Waals surface area contributed by atoms with E-state index in [4.69, 9.17) is 9.47 Å². The molecule has 0 radical (unpaired) electrons. The minimum atomic E-state index is -0.144. The number of aromatic hydroxyl groups is 2. The fourth-order valence-electron chi connectivity index (χ4n) is 2.56. The van der Waals surface area contributed by atoms with Crippen LogP contribution in [0.5, 0.6) is 17.2 Å². The molecule has 0 bridgehead atoms. The fourth-order valence-corrected chi connectivity index (χ4v) is 2.56. The summed E-state index contributed by atoms with van der Waals surface area (Å²) >= 11 is 0. The monoisotopic (exact) mass is 339 g/mol. The molecule has 0 aliphatic heterocycles. The second-order valence-corrected chi connectivity index (χ2v) is 5.78. The van der Waals surface area contributed by atoms with Crippen LogP contribution in [0, 0.1) is 0 Å². The van der Waals surface area contributed by atoms with Gasteiger partial charge in [0.1, 0.15) is 11.5 Å². The fraction of sp³-hybridized carbons (Fsp3) is 0.200. The first kappa shape index (κ1) is 16.8. The summed E-state index contributed by atoms with van der Waals surface area (Å²) in [5, 5.41) is 22.1. The molecule has 0 saturated carbocycles. The molecule has 3 rings (SSSR count). The lowest BCUT2D eigenvalue weighted by Crippen LogP contribution is -2.03. The van der Waals surface area contributed by atoms with Crippen LogP contribution in [0.25, 0.3) is 0 Å². The Morgan fingerprint density at radius 1 is 0.960 bits per heavy atom. The van der Waals surface area contributed by atoms with Gasteiger partial charge in [0.05, 0.1) is 12.9 Å². The smallest absolute Gasteiger partial charge is 0.159 e. The number of hydrogen-bond acceptors (Lipinski definition) is 5. The molecule has 5 heteroatoms. The van der Waals surface area contributed by atoms with E-state index in [2.05, 4.69) is 5.32 Å². The maximum atomic E-state index is 9.53. The van der Waals surface area contributed by atoms with E-state index in [9.17, 15) is 10.2 Å². The zero-order valence-electron chi connectivity index (χ0n) is 14.0. The van der Waals surface area contributed by atoms with E-state index in [1.165, 1.54) is 12.1 Å². The van der Waals surface area contributed by atoms with Crippen molar-refractivity contribution >= 4 is 5.69 Å². The highest BCUT2D eigenvalue weighted by atomic mass is 16.5. The van der Waals surface area contributed by atoms with Crippen molar-refractivity contribution in [3.8, 4) is 17.2 Å². The third-order valence-corrected chi connectivity index (χ3v) is 3.95. The Bertz CT molecular complexity index is 811. The van der Waals surface area contributed by atoms with Gasteiger partial charge in [-0.05, 0) is 42.0 Å². The van der Waals surface area contributed by atoms with Gasteiger partial charge in [-0.1, -0.05) is 12.1 Å². The Kier molecular flexibility index (Phi) is 5.14. The SMILES string of the molecule is COC1=CC=C(Oc2cccc(CNc3ccc(O)c(O)c3)c2)CC1. The molecule has 5 nitrogen and oxygen atoms in total. The van der Waals surface area contributed by atoms with Crippen molar-refractivity contribution in [2.75, 3.05) is 12.4 Å². The number of benzene rings is 2.